The van der Waals surface area contributed by atoms with Crippen molar-refractivity contribution in [1.29, 1.82) is 0 Å². The first kappa shape index (κ1) is 23.4. The van der Waals surface area contributed by atoms with Gasteiger partial charge in [0.25, 0.3) is 11.8 Å². The van der Waals surface area contributed by atoms with E-state index in [9.17, 15) is 14.4 Å². The van der Waals surface area contributed by atoms with Crippen molar-refractivity contribution in [3.63, 3.8) is 0 Å². The summed E-state index contributed by atoms with van der Waals surface area (Å²) >= 11 is 0. The number of nitrogens with one attached hydrogen (secondary N) is 2. The molecule has 0 aromatic heterocycles. The summed E-state index contributed by atoms with van der Waals surface area (Å²) in [4.78, 5) is 36.9. The van der Waals surface area contributed by atoms with Gasteiger partial charge in [0, 0.05) is 5.56 Å². The van der Waals surface area contributed by atoms with Gasteiger partial charge in [0.05, 0.1) is 18.3 Å². The lowest BCUT2D eigenvalue weighted by molar-refractivity contribution is -0.120. The number of ether oxygens (including phenoxy) is 1. The van der Waals surface area contributed by atoms with Crippen LogP contribution in [-0.4, -0.2) is 30.5 Å². The number of rotatable bonds is 7. The smallest absolute Gasteiger partial charge is 0.343 e. The van der Waals surface area contributed by atoms with Gasteiger partial charge in [-0.05, 0) is 65.2 Å². The molecule has 0 fully saturated rings. The van der Waals surface area contributed by atoms with Crippen LogP contribution in [0.2, 0.25) is 0 Å². The Labute approximate surface area is 202 Å². The Kier molecular flexibility index (Phi) is 7.28. The van der Waals surface area contributed by atoms with E-state index in [0.717, 1.165) is 16.3 Å². The third kappa shape index (κ3) is 5.97. The van der Waals surface area contributed by atoms with Crippen LogP contribution in [0.4, 0.5) is 0 Å². The van der Waals surface area contributed by atoms with Gasteiger partial charge in [-0.2, -0.15) is 5.10 Å². The van der Waals surface area contributed by atoms with Crippen LogP contribution in [0.5, 0.6) is 5.75 Å². The van der Waals surface area contributed by atoms with Crippen molar-refractivity contribution in [2.45, 2.75) is 6.92 Å². The normalized spacial score (nSPS) is 10.8. The molecule has 0 heterocycles. The highest BCUT2D eigenvalue weighted by Gasteiger charge is 2.12. The fourth-order valence-electron chi connectivity index (χ4n) is 3.48. The minimum atomic E-state index is -0.460. The van der Waals surface area contributed by atoms with E-state index in [2.05, 4.69) is 15.8 Å². The Bertz CT molecular complexity index is 1410. The average Bonchev–Trinajstić information content (AvgIpc) is 2.88. The van der Waals surface area contributed by atoms with E-state index in [0.29, 0.717) is 22.4 Å². The van der Waals surface area contributed by atoms with Crippen LogP contribution in [0.15, 0.2) is 96.1 Å². The summed E-state index contributed by atoms with van der Waals surface area (Å²) in [5.74, 6) is -0.826. The number of hydrogen-bond acceptors (Lipinski definition) is 5. The molecule has 4 aromatic rings. The van der Waals surface area contributed by atoms with Crippen LogP contribution in [0.25, 0.3) is 10.8 Å². The van der Waals surface area contributed by atoms with E-state index >= 15 is 0 Å². The molecule has 0 bridgehead atoms. The molecule has 0 atom stereocenters. The van der Waals surface area contributed by atoms with E-state index in [-0.39, 0.29) is 12.5 Å². The zero-order valence-corrected chi connectivity index (χ0v) is 19.0. The second-order valence-corrected chi connectivity index (χ2v) is 7.78. The summed E-state index contributed by atoms with van der Waals surface area (Å²) in [6.07, 6.45) is 1.46. The monoisotopic (exact) mass is 465 g/mol. The average molecular weight is 466 g/mol. The lowest BCUT2D eigenvalue weighted by Gasteiger charge is -2.07. The van der Waals surface area contributed by atoms with E-state index in [1.165, 1.54) is 6.21 Å². The van der Waals surface area contributed by atoms with E-state index in [1.54, 1.807) is 48.5 Å². The zero-order valence-electron chi connectivity index (χ0n) is 19.0. The maximum atomic E-state index is 12.5. The predicted molar refractivity (Wildman–Crippen MR) is 135 cm³/mol. The largest absolute Gasteiger partial charge is 0.423 e. The fraction of sp³-hybridized carbons (Fsp3) is 0.0714. The SMILES string of the molecule is Cc1ccccc1C(=O)Oc1ccc(C=NNC(=O)CNC(=O)c2cccc3ccccc23)cc1. The van der Waals surface area contributed by atoms with E-state index in [1.807, 2.05) is 49.4 Å². The van der Waals surface area contributed by atoms with Gasteiger partial charge in [0.2, 0.25) is 0 Å². The van der Waals surface area contributed by atoms with Gasteiger partial charge in [0.15, 0.2) is 0 Å². The van der Waals surface area contributed by atoms with Crippen LogP contribution in [0, 0.1) is 6.92 Å². The summed E-state index contributed by atoms with van der Waals surface area (Å²) < 4.78 is 5.40. The highest BCUT2D eigenvalue weighted by molar-refractivity contribution is 6.07. The maximum Gasteiger partial charge on any atom is 0.343 e. The van der Waals surface area contributed by atoms with Gasteiger partial charge in [-0.25, -0.2) is 10.2 Å². The summed E-state index contributed by atoms with van der Waals surface area (Å²) in [6, 6.07) is 26.9. The summed E-state index contributed by atoms with van der Waals surface area (Å²) in [7, 11) is 0. The van der Waals surface area contributed by atoms with Crippen LogP contribution >= 0.6 is 0 Å². The number of nitrogens with zero attached hydrogens (tertiary/aromatic N) is 1. The zero-order chi connectivity index (χ0) is 24.6. The number of benzene rings is 4. The second kappa shape index (κ2) is 10.9. The number of aryl methyl sites for hydroxylation is 1. The molecule has 0 saturated heterocycles. The predicted octanol–water partition coefficient (Wildman–Crippen LogP) is 4.25. The van der Waals surface area contributed by atoms with Gasteiger partial charge in [-0.15, -0.1) is 0 Å². The van der Waals surface area contributed by atoms with Crippen LogP contribution in [0.3, 0.4) is 0 Å². The van der Waals surface area contributed by atoms with Crippen molar-refractivity contribution in [3.05, 3.63) is 113 Å². The van der Waals surface area contributed by atoms with E-state index < -0.39 is 11.9 Å². The number of fused-ring (bicyclic) bond motifs is 1. The Balaban J connectivity index is 1.26. The molecular formula is C28H23N3O4. The number of amides is 2. The molecule has 4 aromatic carbocycles. The molecule has 0 radical (unpaired) electrons. The number of carbonyl (C=O) groups excluding carboxylic acids is 3. The molecule has 0 aliphatic rings. The molecule has 35 heavy (non-hydrogen) atoms. The highest BCUT2D eigenvalue weighted by Crippen LogP contribution is 2.18. The highest BCUT2D eigenvalue weighted by atomic mass is 16.5. The number of carbonyl (C=O) groups is 3. The van der Waals surface area contributed by atoms with Crippen molar-refractivity contribution in [2.75, 3.05) is 6.54 Å². The summed E-state index contributed by atoms with van der Waals surface area (Å²) in [6.45, 7) is 1.63. The molecule has 4 rings (SSSR count). The van der Waals surface area contributed by atoms with Gasteiger partial charge < -0.3 is 10.1 Å². The van der Waals surface area contributed by atoms with Gasteiger partial charge >= 0.3 is 5.97 Å². The molecule has 0 aliphatic heterocycles. The first-order valence-corrected chi connectivity index (χ1v) is 11.0. The van der Waals surface area contributed by atoms with Gasteiger partial charge in [-0.3, -0.25) is 9.59 Å². The number of hydrazone groups is 1. The lowest BCUT2D eigenvalue weighted by atomic mass is 10.0. The lowest BCUT2D eigenvalue weighted by Crippen LogP contribution is -2.35. The molecule has 0 aliphatic carbocycles. The molecule has 2 amide bonds. The standard InChI is InChI=1S/C28H23N3O4/c1-19-7-2-4-10-23(19)28(34)35-22-15-13-20(14-16-22)17-30-31-26(32)18-29-27(33)25-12-6-9-21-8-3-5-11-24(21)25/h2-17H,18H2,1H3,(H,29,33)(H,31,32). The molecule has 0 spiro atoms. The summed E-state index contributed by atoms with van der Waals surface area (Å²) in [5, 5.41) is 8.29. The number of esters is 1. The molecule has 0 unspecified atom stereocenters. The molecule has 7 nitrogen and oxygen atoms in total. The molecular weight excluding hydrogens is 442 g/mol. The maximum absolute atomic E-state index is 12.5. The van der Waals surface area contributed by atoms with Crippen LogP contribution in [0.1, 0.15) is 31.8 Å². The van der Waals surface area contributed by atoms with Crippen molar-refractivity contribution in [1.82, 2.24) is 10.7 Å². The topological polar surface area (TPSA) is 96.9 Å². The van der Waals surface area contributed by atoms with Crippen molar-refractivity contribution >= 4 is 34.8 Å². The third-order valence-corrected chi connectivity index (χ3v) is 5.30. The van der Waals surface area contributed by atoms with E-state index in [4.69, 9.17) is 4.74 Å². The second-order valence-electron chi connectivity index (χ2n) is 7.78. The fourth-order valence-corrected chi connectivity index (χ4v) is 3.48. The molecule has 174 valence electrons. The van der Waals surface area contributed by atoms with Crippen molar-refractivity contribution in [2.24, 2.45) is 5.10 Å². The van der Waals surface area contributed by atoms with Gasteiger partial charge in [-0.1, -0.05) is 54.6 Å². The Hall–Kier alpha value is -4.78. The Morgan fingerprint density at radius 2 is 1.51 bits per heavy atom. The van der Waals surface area contributed by atoms with Gasteiger partial charge in [0.1, 0.15) is 5.75 Å². The molecule has 2 N–H and O–H groups in total. The third-order valence-electron chi connectivity index (χ3n) is 5.30. The Morgan fingerprint density at radius 3 is 2.31 bits per heavy atom. The minimum absolute atomic E-state index is 0.215. The van der Waals surface area contributed by atoms with Crippen LogP contribution < -0.4 is 15.5 Å². The molecule has 7 heteroatoms. The summed E-state index contributed by atoms with van der Waals surface area (Å²) in [5.41, 5.74) is 4.92. The van der Waals surface area contributed by atoms with Crippen molar-refractivity contribution < 1.29 is 19.1 Å². The first-order valence-electron chi connectivity index (χ1n) is 11.0. The quantitative estimate of drug-likeness (QED) is 0.185. The minimum Gasteiger partial charge on any atom is -0.423 e. The van der Waals surface area contributed by atoms with Crippen LogP contribution in [-0.2, 0) is 4.79 Å². The Morgan fingerprint density at radius 1 is 0.829 bits per heavy atom. The first-order chi connectivity index (χ1) is 17.0. The van der Waals surface area contributed by atoms with Crippen molar-refractivity contribution in [3.8, 4) is 5.75 Å². The molecule has 0 saturated carbocycles. The number of hydrogen-bond donors (Lipinski definition) is 2.